The Balaban J connectivity index is 2.90. The van der Waals surface area contributed by atoms with Gasteiger partial charge in [-0.05, 0) is 13.0 Å². The number of hydrogen-bond donors (Lipinski definition) is 0. The summed E-state index contributed by atoms with van der Waals surface area (Å²) in [6, 6.07) is 6.99. The Bertz CT molecular complexity index is 414. The zero-order valence-corrected chi connectivity index (χ0v) is 9.47. The fraction of sp³-hybridized carbons (Fsp3) is 0.333. The van der Waals surface area contributed by atoms with Gasteiger partial charge < -0.3 is 0 Å². The predicted molar refractivity (Wildman–Crippen MR) is 55.8 cm³/mol. The van der Waals surface area contributed by atoms with Crippen LogP contribution in [0.15, 0.2) is 24.3 Å². The van der Waals surface area contributed by atoms with Crippen molar-refractivity contribution in [2.45, 2.75) is 13.0 Å². The molecule has 78 valence electrons. The van der Waals surface area contributed by atoms with E-state index in [9.17, 15) is 8.42 Å². The second-order valence-electron chi connectivity index (χ2n) is 2.96. The molecule has 0 aliphatic heterocycles. The third-order valence-corrected chi connectivity index (χ3v) is 2.64. The Kier molecular flexibility index (Phi) is 3.53. The first-order valence-electron chi connectivity index (χ1n) is 4.03. The maximum Gasteiger partial charge on any atom is 0.264 e. The van der Waals surface area contributed by atoms with Crippen LogP contribution in [-0.2, 0) is 14.3 Å². The maximum atomic E-state index is 10.9. The zero-order valence-electron chi connectivity index (χ0n) is 7.90. The number of halogens is 1. The molecule has 0 radical (unpaired) electrons. The monoisotopic (exact) mass is 234 g/mol. The second kappa shape index (κ2) is 4.29. The normalized spacial score (nSPS) is 13.9. The summed E-state index contributed by atoms with van der Waals surface area (Å²) < 4.78 is 26.5. The van der Waals surface area contributed by atoms with E-state index in [-0.39, 0.29) is 0 Å². The van der Waals surface area contributed by atoms with Crippen molar-refractivity contribution in [1.82, 2.24) is 0 Å². The van der Waals surface area contributed by atoms with Crippen molar-refractivity contribution in [1.29, 1.82) is 0 Å². The van der Waals surface area contributed by atoms with Crippen molar-refractivity contribution in [3.63, 3.8) is 0 Å². The molecule has 0 saturated carbocycles. The van der Waals surface area contributed by atoms with Gasteiger partial charge in [-0.1, -0.05) is 29.8 Å². The molecule has 1 aromatic carbocycles. The Morgan fingerprint density at radius 3 is 2.43 bits per heavy atom. The first kappa shape index (κ1) is 11.5. The van der Waals surface area contributed by atoms with Crippen LogP contribution < -0.4 is 0 Å². The van der Waals surface area contributed by atoms with Gasteiger partial charge in [0, 0.05) is 10.6 Å². The molecular formula is C9H11ClO3S. The highest BCUT2D eigenvalue weighted by Gasteiger charge is 2.14. The van der Waals surface area contributed by atoms with Crippen molar-refractivity contribution in [3.05, 3.63) is 34.9 Å². The van der Waals surface area contributed by atoms with Crippen LogP contribution in [-0.4, -0.2) is 14.7 Å². The molecule has 0 aliphatic carbocycles. The summed E-state index contributed by atoms with van der Waals surface area (Å²) in [5.41, 5.74) is 0.666. The molecule has 3 nitrogen and oxygen atoms in total. The Morgan fingerprint density at radius 2 is 1.93 bits per heavy atom. The van der Waals surface area contributed by atoms with E-state index >= 15 is 0 Å². The highest BCUT2D eigenvalue weighted by molar-refractivity contribution is 7.86. The van der Waals surface area contributed by atoms with Crippen molar-refractivity contribution in [2.24, 2.45) is 0 Å². The van der Waals surface area contributed by atoms with Gasteiger partial charge in [0.1, 0.15) is 6.10 Å². The highest BCUT2D eigenvalue weighted by atomic mass is 35.5. The van der Waals surface area contributed by atoms with Gasteiger partial charge >= 0.3 is 0 Å². The van der Waals surface area contributed by atoms with Gasteiger partial charge in [0.25, 0.3) is 10.1 Å². The summed E-state index contributed by atoms with van der Waals surface area (Å²) in [5.74, 6) is 0. The first-order chi connectivity index (χ1) is 6.40. The lowest BCUT2D eigenvalue weighted by Gasteiger charge is -2.12. The van der Waals surface area contributed by atoms with Gasteiger partial charge in [0.15, 0.2) is 0 Å². The van der Waals surface area contributed by atoms with Gasteiger partial charge in [-0.3, -0.25) is 4.18 Å². The molecule has 0 saturated heterocycles. The molecule has 0 aromatic heterocycles. The SMILES string of the molecule is CC(OS(C)(=O)=O)c1ccccc1Cl. The topological polar surface area (TPSA) is 43.4 Å². The van der Waals surface area contributed by atoms with Crippen molar-refractivity contribution < 1.29 is 12.6 Å². The third kappa shape index (κ3) is 3.29. The van der Waals surface area contributed by atoms with Crippen LogP contribution in [0.1, 0.15) is 18.6 Å². The van der Waals surface area contributed by atoms with Gasteiger partial charge in [-0.25, -0.2) is 0 Å². The lowest BCUT2D eigenvalue weighted by molar-refractivity contribution is 0.237. The van der Waals surface area contributed by atoms with Crippen molar-refractivity contribution in [2.75, 3.05) is 6.26 Å². The zero-order chi connectivity index (χ0) is 10.8. The second-order valence-corrected chi connectivity index (χ2v) is 4.97. The van der Waals surface area contributed by atoms with Crippen LogP contribution in [0, 0.1) is 0 Å². The quantitative estimate of drug-likeness (QED) is 0.755. The lowest BCUT2D eigenvalue weighted by atomic mass is 10.1. The summed E-state index contributed by atoms with van der Waals surface area (Å²) in [5, 5.41) is 0.503. The smallest absolute Gasteiger partial charge is 0.262 e. The molecule has 14 heavy (non-hydrogen) atoms. The highest BCUT2D eigenvalue weighted by Crippen LogP contribution is 2.25. The minimum atomic E-state index is -3.45. The molecule has 0 aliphatic rings. The average molecular weight is 235 g/mol. The summed E-state index contributed by atoms with van der Waals surface area (Å²) >= 11 is 5.87. The Labute approximate surface area is 88.8 Å². The van der Waals surface area contributed by atoms with E-state index in [1.54, 1.807) is 31.2 Å². The van der Waals surface area contributed by atoms with Gasteiger partial charge in [0.05, 0.1) is 6.26 Å². The van der Waals surface area contributed by atoms with E-state index in [4.69, 9.17) is 15.8 Å². The Morgan fingerprint density at radius 1 is 1.36 bits per heavy atom. The van der Waals surface area contributed by atoms with Crippen LogP contribution in [0.3, 0.4) is 0 Å². The number of hydrogen-bond acceptors (Lipinski definition) is 3. The standard InChI is InChI=1S/C9H11ClO3S/c1-7(13-14(2,11)12)8-5-3-4-6-9(8)10/h3-7H,1-2H3. The lowest BCUT2D eigenvalue weighted by Crippen LogP contribution is -2.07. The number of rotatable bonds is 3. The molecule has 0 bridgehead atoms. The summed E-state index contributed by atoms with van der Waals surface area (Å²) in [6.07, 6.45) is 0.457. The molecule has 0 heterocycles. The van der Waals surface area contributed by atoms with E-state index in [1.165, 1.54) is 0 Å². The van der Waals surface area contributed by atoms with Crippen LogP contribution in [0.25, 0.3) is 0 Å². The fourth-order valence-electron chi connectivity index (χ4n) is 1.12. The van der Waals surface area contributed by atoms with E-state index in [0.717, 1.165) is 6.26 Å². The van der Waals surface area contributed by atoms with E-state index in [0.29, 0.717) is 10.6 Å². The molecule has 1 unspecified atom stereocenters. The van der Waals surface area contributed by atoms with Gasteiger partial charge in [-0.2, -0.15) is 8.42 Å². The third-order valence-electron chi connectivity index (χ3n) is 1.66. The molecule has 1 rings (SSSR count). The van der Waals surface area contributed by atoms with Crippen molar-refractivity contribution in [3.8, 4) is 0 Å². The minimum absolute atomic E-state index is 0.503. The van der Waals surface area contributed by atoms with Crippen LogP contribution in [0.4, 0.5) is 0 Å². The van der Waals surface area contributed by atoms with E-state index in [2.05, 4.69) is 0 Å². The van der Waals surface area contributed by atoms with Gasteiger partial charge in [0.2, 0.25) is 0 Å². The molecule has 1 atom stereocenters. The maximum absolute atomic E-state index is 10.9. The van der Waals surface area contributed by atoms with Crippen LogP contribution in [0.2, 0.25) is 5.02 Å². The van der Waals surface area contributed by atoms with Crippen LogP contribution in [0.5, 0.6) is 0 Å². The predicted octanol–water partition coefficient (Wildman–Crippen LogP) is 2.38. The average Bonchev–Trinajstić information content (AvgIpc) is 2.01. The van der Waals surface area contributed by atoms with E-state index < -0.39 is 16.2 Å². The Hall–Kier alpha value is -0.580. The fourth-order valence-corrected chi connectivity index (χ4v) is 2.04. The largest absolute Gasteiger partial charge is 0.264 e. The molecule has 0 N–H and O–H groups in total. The molecule has 0 amide bonds. The summed E-state index contributed by atoms with van der Waals surface area (Å²) in [6.45, 7) is 1.64. The van der Waals surface area contributed by atoms with E-state index in [1.807, 2.05) is 0 Å². The summed E-state index contributed by atoms with van der Waals surface area (Å²) in [4.78, 5) is 0. The molecule has 1 aromatic rings. The van der Waals surface area contributed by atoms with Crippen LogP contribution >= 0.6 is 11.6 Å². The molecule has 5 heteroatoms. The minimum Gasteiger partial charge on any atom is -0.262 e. The first-order valence-corrected chi connectivity index (χ1v) is 6.22. The summed E-state index contributed by atoms with van der Waals surface area (Å²) in [7, 11) is -3.45. The van der Waals surface area contributed by atoms with Gasteiger partial charge in [-0.15, -0.1) is 0 Å². The number of benzene rings is 1. The molecule has 0 spiro atoms. The molecular weight excluding hydrogens is 224 g/mol. The van der Waals surface area contributed by atoms with Crippen molar-refractivity contribution >= 4 is 21.7 Å². The molecule has 0 fully saturated rings.